The molecule has 0 aliphatic rings. The summed E-state index contributed by atoms with van der Waals surface area (Å²) in [5, 5.41) is 8.36. The number of thioether (sulfide) groups is 1. The summed E-state index contributed by atoms with van der Waals surface area (Å²) in [6.45, 7) is 9.83. The molecule has 1 rings (SSSR count). The normalized spacial score (nSPS) is 13.5. The van der Waals surface area contributed by atoms with E-state index in [0.29, 0.717) is 17.2 Å². The van der Waals surface area contributed by atoms with Crippen molar-refractivity contribution in [1.82, 2.24) is 20.1 Å². The van der Waals surface area contributed by atoms with Gasteiger partial charge in [-0.25, -0.2) is 9.67 Å². The molecule has 1 unspecified atom stereocenters. The molecular weight excluding hydrogens is 244 g/mol. The minimum absolute atomic E-state index is 0.465. The van der Waals surface area contributed by atoms with Crippen LogP contribution in [0.3, 0.4) is 0 Å². The van der Waals surface area contributed by atoms with Crippen molar-refractivity contribution in [3.63, 3.8) is 0 Å². The van der Waals surface area contributed by atoms with E-state index in [1.165, 1.54) is 0 Å². The number of aromatic nitrogens is 3. The van der Waals surface area contributed by atoms with E-state index in [0.717, 1.165) is 24.5 Å². The van der Waals surface area contributed by atoms with Crippen molar-refractivity contribution in [2.75, 3.05) is 12.8 Å². The number of likely N-dealkylation sites (N-methyl/N-ethyl adjacent to an activating group) is 1. The standard InChI is InChI=1S/C13H26N4S/c1-10(2)7-17-13(15-9-16-17)6-12(14-5)8-18-11(3)4/h9-12,14H,6-8H2,1-5H3. The zero-order chi connectivity index (χ0) is 13.5. The maximum absolute atomic E-state index is 4.39. The largest absolute Gasteiger partial charge is 0.316 e. The van der Waals surface area contributed by atoms with E-state index >= 15 is 0 Å². The van der Waals surface area contributed by atoms with Crippen LogP contribution in [0.15, 0.2) is 6.33 Å². The summed E-state index contributed by atoms with van der Waals surface area (Å²) in [7, 11) is 2.02. The van der Waals surface area contributed by atoms with Gasteiger partial charge in [-0.2, -0.15) is 16.9 Å². The predicted octanol–water partition coefficient (Wildman–Crippen LogP) is 2.21. The Hall–Kier alpha value is -0.550. The summed E-state index contributed by atoms with van der Waals surface area (Å²) in [4.78, 5) is 4.39. The third-order valence-electron chi connectivity index (χ3n) is 2.70. The smallest absolute Gasteiger partial charge is 0.138 e. The fourth-order valence-corrected chi connectivity index (χ4v) is 2.62. The summed E-state index contributed by atoms with van der Waals surface area (Å²) in [5.74, 6) is 2.80. The molecule has 1 aromatic rings. The minimum Gasteiger partial charge on any atom is -0.316 e. The van der Waals surface area contributed by atoms with Crippen LogP contribution in [0.25, 0.3) is 0 Å². The van der Waals surface area contributed by atoms with Crippen molar-refractivity contribution < 1.29 is 0 Å². The number of rotatable bonds is 8. The van der Waals surface area contributed by atoms with Crippen LogP contribution < -0.4 is 5.32 Å². The number of hydrogen-bond donors (Lipinski definition) is 1. The van der Waals surface area contributed by atoms with E-state index in [2.05, 4.69) is 43.1 Å². The summed E-state index contributed by atoms with van der Waals surface area (Å²) >= 11 is 1.99. The van der Waals surface area contributed by atoms with Crippen molar-refractivity contribution in [2.24, 2.45) is 5.92 Å². The Morgan fingerprint density at radius 2 is 2.06 bits per heavy atom. The maximum atomic E-state index is 4.39. The molecule has 1 heterocycles. The average Bonchev–Trinajstić information content (AvgIpc) is 2.70. The topological polar surface area (TPSA) is 42.7 Å². The molecule has 4 nitrogen and oxygen atoms in total. The summed E-state index contributed by atoms with van der Waals surface area (Å²) in [6, 6.07) is 0.465. The Balaban J connectivity index is 2.55. The first-order valence-electron chi connectivity index (χ1n) is 6.68. The fourth-order valence-electron chi connectivity index (χ4n) is 1.72. The van der Waals surface area contributed by atoms with E-state index in [9.17, 15) is 0 Å². The Morgan fingerprint density at radius 1 is 1.33 bits per heavy atom. The van der Waals surface area contributed by atoms with E-state index in [-0.39, 0.29) is 0 Å². The molecule has 0 radical (unpaired) electrons. The lowest BCUT2D eigenvalue weighted by Crippen LogP contribution is -2.32. The quantitative estimate of drug-likeness (QED) is 0.786. The number of nitrogens with zero attached hydrogens (tertiary/aromatic N) is 3. The van der Waals surface area contributed by atoms with Crippen LogP contribution in [0.5, 0.6) is 0 Å². The minimum atomic E-state index is 0.465. The van der Waals surface area contributed by atoms with E-state index in [1.807, 2.05) is 23.5 Å². The van der Waals surface area contributed by atoms with Crippen molar-refractivity contribution in [1.29, 1.82) is 0 Å². The molecule has 0 bridgehead atoms. The molecule has 0 saturated heterocycles. The second-order valence-electron chi connectivity index (χ2n) is 5.32. The van der Waals surface area contributed by atoms with Gasteiger partial charge in [0.05, 0.1) is 0 Å². The lowest BCUT2D eigenvalue weighted by molar-refractivity contribution is 0.455. The van der Waals surface area contributed by atoms with Crippen LogP contribution in [0.4, 0.5) is 0 Å². The first-order valence-corrected chi connectivity index (χ1v) is 7.73. The molecular formula is C13H26N4S. The third kappa shape index (κ3) is 5.40. The van der Waals surface area contributed by atoms with Crippen LogP contribution in [0.2, 0.25) is 0 Å². The zero-order valence-electron chi connectivity index (χ0n) is 12.2. The Kier molecular flexibility index (Phi) is 6.71. The van der Waals surface area contributed by atoms with E-state index in [1.54, 1.807) is 6.33 Å². The van der Waals surface area contributed by atoms with Gasteiger partial charge in [-0.15, -0.1) is 0 Å². The van der Waals surface area contributed by atoms with Crippen molar-refractivity contribution in [3.05, 3.63) is 12.2 Å². The van der Waals surface area contributed by atoms with Gasteiger partial charge >= 0.3 is 0 Å². The predicted molar refractivity (Wildman–Crippen MR) is 79.0 cm³/mol. The first kappa shape index (κ1) is 15.5. The highest BCUT2D eigenvalue weighted by molar-refractivity contribution is 7.99. The Labute approximate surface area is 115 Å². The molecule has 18 heavy (non-hydrogen) atoms. The van der Waals surface area contributed by atoms with Gasteiger partial charge in [0.25, 0.3) is 0 Å². The number of hydrogen-bond acceptors (Lipinski definition) is 4. The lowest BCUT2D eigenvalue weighted by Gasteiger charge is -2.17. The molecule has 0 aliphatic heterocycles. The summed E-state index contributed by atoms with van der Waals surface area (Å²) in [6.07, 6.45) is 2.61. The fraction of sp³-hybridized carbons (Fsp3) is 0.846. The van der Waals surface area contributed by atoms with Crippen LogP contribution in [-0.2, 0) is 13.0 Å². The highest BCUT2D eigenvalue weighted by Gasteiger charge is 2.13. The molecule has 0 aromatic carbocycles. The Morgan fingerprint density at radius 3 is 2.61 bits per heavy atom. The second-order valence-corrected chi connectivity index (χ2v) is 6.93. The van der Waals surface area contributed by atoms with Gasteiger partial charge < -0.3 is 5.32 Å². The molecule has 0 aliphatic carbocycles. The average molecular weight is 270 g/mol. The van der Waals surface area contributed by atoms with Gasteiger partial charge in [0.2, 0.25) is 0 Å². The molecule has 0 fully saturated rings. The highest BCUT2D eigenvalue weighted by atomic mass is 32.2. The molecule has 0 spiro atoms. The Bertz CT molecular complexity index is 335. The first-order chi connectivity index (χ1) is 8.52. The van der Waals surface area contributed by atoms with Gasteiger partial charge in [-0.3, -0.25) is 0 Å². The van der Waals surface area contributed by atoms with E-state index in [4.69, 9.17) is 0 Å². The van der Waals surface area contributed by atoms with Crippen molar-refractivity contribution in [3.8, 4) is 0 Å². The summed E-state index contributed by atoms with van der Waals surface area (Å²) < 4.78 is 2.04. The van der Waals surface area contributed by atoms with Gasteiger partial charge in [0, 0.05) is 24.8 Å². The van der Waals surface area contributed by atoms with Crippen LogP contribution in [0, 0.1) is 5.92 Å². The molecule has 1 N–H and O–H groups in total. The van der Waals surface area contributed by atoms with Gasteiger partial charge in [-0.1, -0.05) is 27.7 Å². The van der Waals surface area contributed by atoms with Gasteiger partial charge in [0.15, 0.2) is 0 Å². The molecule has 0 amide bonds. The summed E-state index contributed by atoms with van der Waals surface area (Å²) in [5.41, 5.74) is 0. The highest BCUT2D eigenvalue weighted by Crippen LogP contribution is 2.13. The van der Waals surface area contributed by atoms with Crippen LogP contribution in [0.1, 0.15) is 33.5 Å². The lowest BCUT2D eigenvalue weighted by atomic mass is 10.2. The monoisotopic (exact) mass is 270 g/mol. The van der Waals surface area contributed by atoms with Crippen molar-refractivity contribution >= 4 is 11.8 Å². The van der Waals surface area contributed by atoms with E-state index < -0.39 is 0 Å². The molecule has 5 heteroatoms. The number of nitrogens with one attached hydrogen (secondary N) is 1. The van der Waals surface area contributed by atoms with Crippen LogP contribution >= 0.6 is 11.8 Å². The molecule has 0 saturated carbocycles. The van der Waals surface area contributed by atoms with Crippen molar-refractivity contribution in [2.45, 2.75) is 52.0 Å². The van der Waals surface area contributed by atoms with Gasteiger partial charge in [-0.05, 0) is 18.2 Å². The third-order valence-corrected chi connectivity index (χ3v) is 3.96. The SMILES string of the molecule is CNC(CSC(C)C)Cc1ncnn1CC(C)C. The van der Waals surface area contributed by atoms with Crippen LogP contribution in [-0.4, -0.2) is 38.9 Å². The molecule has 1 atom stereocenters. The second kappa shape index (κ2) is 7.79. The van der Waals surface area contributed by atoms with Gasteiger partial charge in [0.1, 0.15) is 12.2 Å². The molecule has 1 aromatic heterocycles. The zero-order valence-corrected chi connectivity index (χ0v) is 13.0. The maximum Gasteiger partial charge on any atom is 0.138 e. The molecule has 104 valence electrons.